The fourth-order valence-electron chi connectivity index (χ4n) is 3.56. The molecule has 0 saturated carbocycles. The number of hydrogen-bond acceptors (Lipinski definition) is 7. The second-order valence-electron chi connectivity index (χ2n) is 7.04. The van der Waals surface area contributed by atoms with Crippen LogP contribution in [0.2, 0.25) is 0 Å². The molecular weight excluding hydrogens is 378 g/mol. The first kappa shape index (κ1) is 21.1. The predicted octanol–water partition coefficient (Wildman–Crippen LogP) is -0.210. The second kappa shape index (κ2) is 8.42. The number of ether oxygens (including phenoxy) is 1. The molecule has 3 rings (SSSR count). The molecule has 2 aliphatic heterocycles. The van der Waals surface area contributed by atoms with Gasteiger partial charge in [0.15, 0.2) is 5.69 Å². The normalized spacial score (nSPS) is 15.0. The Morgan fingerprint density at radius 1 is 1.24 bits per heavy atom. The van der Waals surface area contributed by atoms with Crippen molar-refractivity contribution >= 4 is 11.0 Å². The summed E-state index contributed by atoms with van der Waals surface area (Å²) in [4.78, 5) is 31.7. The Bertz CT molecular complexity index is 1110. The van der Waals surface area contributed by atoms with Crippen LogP contribution in [0.25, 0.3) is 22.4 Å². The van der Waals surface area contributed by atoms with Crippen LogP contribution in [-0.4, -0.2) is 61.9 Å². The van der Waals surface area contributed by atoms with E-state index in [4.69, 9.17) is 4.74 Å². The highest BCUT2D eigenvalue weighted by molar-refractivity contribution is 5.81. The van der Waals surface area contributed by atoms with Crippen LogP contribution >= 0.6 is 0 Å². The molecule has 0 radical (unpaired) electrons. The van der Waals surface area contributed by atoms with Crippen LogP contribution in [0.3, 0.4) is 0 Å². The molecule has 0 spiro atoms. The lowest BCUT2D eigenvalue weighted by atomic mass is 10.0. The molecule has 0 aromatic heterocycles. The summed E-state index contributed by atoms with van der Waals surface area (Å²) in [7, 11) is 1.38. The van der Waals surface area contributed by atoms with Gasteiger partial charge in [-0.2, -0.15) is 0 Å². The summed E-state index contributed by atoms with van der Waals surface area (Å²) in [6.45, 7) is 3.10. The standard InChI is InChI=1S/C20H25N3O6/c1-4-11-17-16(20(28)22-19(11)27)21-12-7-10(2)5-6-13(12)23(17)8-15(29-3)18(26)14(25)9-24/h5-7,14-15,18,24-26H,4,8-9H2,1-3H3,(H,22,27,28). The van der Waals surface area contributed by atoms with Gasteiger partial charge in [-0.1, -0.05) is 13.0 Å². The van der Waals surface area contributed by atoms with Crippen LogP contribution in [0, 0.1) is 6.92 Å². The molecular formula is C20H25N3O6. The van der Waals surface area contributed by atoms with Crippen molar-refractivity contribution in [3.05, 3.63) is 50.0 Å². The van der Waals surface area contributed by atoms with Gasteiger partial charge in [0.25, 0.3) is 11.1 Å². The number of aliphatic hydroxyl groups excluding tert-OH is 3. The fraction of sp³-hybridized carbons (Fsp3) is 0.450. The molecule has 1 aromatic rings. The number of nitrogens with one attached hydrogen (secondary N) is 1. The third kappa shape index (κ3) is 3.82. The Hall–Kier alpha value is -2.59. The number of nitrogens with zero attached hydrogens (tertiary/aromatic N) is 2. The Labute approximate surface area is 166 Å². The number of rotatable bonds is 7. The number of hydrogen-bond donors (Lipinski definition) is 4. The predicted molar refractivity (Wildman–Crippen MR) is 107 cm³/mol. The first-order valence-electron chi connectivity index (χ1n) is 9.38. The highest BCUT2D eigenvalue weighted by Crippen LogP contribution is 2.27. The van der Waals surface area contributed by atoms with Crippen molar-refractivity contribution in [1.29, 1.82) is 0 Å². The van der Waals surface area contributed by atoms with Crippen molar-refractivity contribution in [3.8, 4) is 11.4 Å². The molecule has 156 valence electrons. The molecule has 29 heavy (non-hydrogen) atoms. The lowest BCUT2D eigenvalue weighted by Crippen LogP contribution is -2.43. The summed E-state index contributed by atoms with van der Waals surface area (Å²) in [5.74, 6) is 0. The van der Waals surface area contributed by atoms with Crippen molar-refractivity contribution in [2.75, 3.05) is 13.7 Å². The molecule has 1 aromatic carbocycles. The number of aromatic nitrogens is 3. The van der Waals surface area contributed by atoms with E-state index in [0.29, 0.717) is 28.7 Å². The maximum absolute atomic E-state index is 12.5. The zero-order chi connectivity index (χ0) is 21.3. The van der Waals surface area contributed by atoms with Gasteiger partial charge in [0, 0.05) is 12.7 Å². The molecule has 0 bridgehead atoms. The van der Waals surface area contributed by atoms with Gasteiger partial charge in [0.2, 0.25) is 0 Å². The summed E-state index contributed by atoms with van der Waals surface area (Å²) >= 11 is 0. The molecule has 3 unspecified atom stereocenters. The fourth-order valence-corrected chi connectivity index (χ4v) is 3.56. The molecule has 2 heterocycles. The van der Waals surface area contributed by atoms with Crippen molar-refractivity contribution < 1.29 is 20.1 Å². The lowest BCUT2D eigenvalue weighted by Gasteiger charge is -2.28. The van der Waals surface area contributed by atoms with E-state index in [-0.39, 0.29) is 12.2 Å². The van der Waals surface area contributed by atoms with Gasteiger partial charge in [-0.15, -0.1) is 0 Å². The van der Waals surface area contributed by atoms with E-state index >= 15 is 0 Å². The second-order valence-corrected chi connectivity index (χ2v) is 7.04. The molecule has 0 saturated heterocycles. The number of aryl methyl sites for hydroxylation is 1. The molecule has 2 aliphatic rings. The monoisotopic (exact) mass is 403 g/mol. The quantitative estimate of drug-likeness (QED) is 0.401. The Morgan fingerprint density at radius 2 is 1.97 bits per heavy atom. The van der Waals surface area contributed by atoms with Crippen molar-refractivity contribution in [2.24, 2.45) is 0 Å². The van der Waals surface area contributed by atoms with Crippen LogP contribution in [0.4, 0.5) is 0 Å². The van der Waals surface area contributed by atoms with Gasteiger partial charge in [-0.3, -0.25) is 14.6 Å². The number of fused-ring (bicyclic) bond motifs is 2. The van der Waals surface area contributed by atoms with E-state index in [9.17, 15) is 24.9 Å². The maximum Gasteiger partial charge on any atom is 0.278 e. The van der Waals surface area contributed by atoms with Crippen LogP contribution in [-0.2, 0) is 17.7 Å². The summed E-state index contributed by atoms with van der Waals surface area (Å²) in [6, 6.07) is 5.52. The highest BCUT2D eigenvalue weighted by atomic mass is 16.5. The van der Waals surface area contributed by atoms with Gasteiger partial charge in [-0.05, 0) is 31.0 Å². The highest BCUT2D eigenvalue weighted by Gasteiger charge is 2.29. The van der Waals surface area contributed by atoms with E-state index in [1.54, 1.807) is 11.5 Å². The van der Waals surface area contributed by atoms with Gasteiger partial charge in [0.05, 0.1) is 29.9 Å². The molecule has 9 nitrogen and oxygen atoms in total. The van der Waals surface area contributed by atoms with E-state index in [2.05, 4.69) is 9.97 Å². The first-order chi connectivity index (χ1) is 13.8. The Morgan fingerprint density at radius 3 is 2.59 bits per heavy atom. The molecule has 0 amide bonds. The maximum atomic E-state index is 12.5. The van der Waals surface area contributed by atoms with Crippen LogP contribution in [0.5, 0.6) is 0 Å². The molecule has 0 aliphatic carbocycles. The van der Waals surface area contributed by atoms with Gasteiger partial charge < -0.3 is 24.6 Å². The molecule has 0 fully saturated rings. The average molecular weight is 403 g/mol. The van der Waals surface area contributed by atoms with Crippen molar-refractivity contribution in [3.63, 3.8) is 0 Å². The Balaban J connectivity index is 2.34. The lowest BCUT2D eigenvalue weighted by molar-refractivity contribution is -0.0938. The minimum absolute atomic E-state index is 0.0310. The largest absolute Gasteiger partial charge is 0.394 e. The Kier molecular flexibility index (Phi) is 6.13. The van der Waals surface area contributed by atoms with E-state index < -0.39 is 36.0 Å². The van der Waals surface area contributed by atoms with Crippen molar-refractivity contribution in [2.45, 2.75) is 45.1 Å². The van der Waals surface area contributed by atoms with E-state index in [1.165, 1.54) is 7.11 Å². The summed E-state index contributed by atoms with van der Waals surface area (Å²) in [5, 5.41) is 29.4. The van der Waals surface area contributed by atoms with Crippen LogP contribution in [0.1, 0.15) is 18.1 Å². The minimum atomic E-state index is -1.40. The van der Waals surface area contributed by atoms with Gasteiger partial charge in [-0.25, -0.2) is 4.98 Å². The van der Waals surface area contributed by atoms with E-state index in [1.807, 2.05) is 25.1 Å². The molecule has 3 atom stereocenters. The SMILES string of the molecule is CCc1c2n(CC(OC)C(O)C(O)CO)c3ccc(C)cc3nc-2c(=O)[nH]c1=O. The summed E-state index contributed by atoms with van der Waals surface area (Å²) < 4.78 is 7.08. The molecule has 4 N–H and O–H groups in total. The zero-order valence-electron chi connectivity index (χ0n) is 16.5. The number of benzene rings is 1. The molecule has 9 heteroatoms. The topological polar surface area (TPSA) is 138 Å². The number of methoxy groups -OCH3 is 1. The van der Waals surface area contributed by atoms with Crippen LogP contribution in [0.15, 0.2) is 27.8 Å². The third-order valence-corrected chi connectivity index (χ3v) is 5.13. The minimum Gasteiger partial charge on any atom is -0.394 e. The summed E-state index contributed by atoms with van der Waals surface area (Å²) in [6.07, 6.45) is -3.31. The smallest absolute Gasteiger partial charge is 0.278 e. The number of pyridine rings is 1. The number of aliphatic hydroxyl groups is 3. The first-order valence-corrected chi connectivity index (χ1v) is 9.38. The van der Waals surface area contributed by atoms with Gasteiger partial charge >= 0.3 is 0 Å². The zero-order valence-corrected chi connectivity index (χ0v) is 16.5. The van der Waals surface area contributed by atoms with E-state index in [0.717, 1.165) is 5.56 Å². The van der Waals surface area contributed by atoms with Gasteiger partial charge in [0.1, 0.15) is 18.3 Å². The van der Waals surface area contributed by atoms with Crippen LogP contribution < -0.4 is 11.1 Å². The number of aromatic amines is 1. The third-order valence-electron chi connectivity index (χ3n) is 5.13. The summed E-state index contributed by atoms with van der Waals surface area (Å²) in [5.41, 5.74) is 1.94. The van der Waals surface area contributed by atoms with Crippen molar-refractivity contribution in [1.82, 2.24) is 14.5 Å². The average Bonchev–Trinajstić information content (AvgIpc) is 2.70. The number of H-pyrrole nitrogens is 1.